The molecule has 1 saturated carbocycles. The van der Waals surface area contributed by atoms with Crippen molar-refractivity contribution in [2.24, 2.45) is 11.3 Å². The summed E-state index contributed by atoms with van der Waals surface area (Å²) in [5.41, 5.74) is -0.650. The normalized spacial score (nSPS) is 39.1. The van der Waals surface area contributed by atoms with Crippen LogP contribution in [0.25, 0.3) is 0 Å². The van der Waals surface area contributed by atoms with Gasteiger partial charge in [0.2, 0.25) is 0 Å². The maximum Gasteiger partial charge on any atom is 0.310 e. The summed E-state index contributed by atoms with van der Waals surface area (Å²) < 4.78 is 5.21. The summed E-state index contributed by atoms with van der Waals surface area (Å²) in [6.45, 7) is 1.32. The van der Waals surface area contributed by atoms with Crippen molar-refractivity contribution in [2.45, 2.75) is 31.8 Å². The number of hydrogen-bond donors (Lipinski definition) is 2. The van der Waals surface area contributed by atoms with Crippen molar-refractivity contribution in [3.05, 3.63) is 0 Å². The smallest absolute Gasteiger partial charge is 0.310 e. The van der Waals surface area contributed by atoms with E-state index in [0.29, 0.717) is 26.1 Å². The molecular formula is C10H16O4. The summed E-state index contributed by atoms with van der Waals surface area (Å²) in [4.78, 5) is 11.2. The molecule has 0 radical (unpaired) electrons. The van der Waals surface area contributed by atoms with Crippen LogP contribution in [0, 0.1) is 11.3 Å². The SMILES string of the molecule is O=C(O)C1(C2CCOCC2)CC(O)C1. The Morgan fingerprint density at radius 3 is 2.29 bits per heavy atom. The van der Waals surface area contributed by atoms with Crippen molar-refractivity contribution in [3.63, 3.8) is 0 Å². The largest absolute Gasteiger partial charge is 0.481 e. The molecule has 1 aliphatic heterocycles. The highest BCUT2D eigenvalue weighted by atomic mass is 16.5. The third-order valence-corrected chi connectivity index (χ3v) is 3.63. The second-order valence-electron chi connectivity index (χ2n) is 4.41. The van der Waals surface area contributed by atoms with Gasteiger partial charge in [-0.05, 0) is 31.6 Å². The van der Waals surface area contributed by atoms with Crippen LogP contribution in [-0.2, 0) is 9.53 Å². The van der Waals surface area contributed by atoms with E-state index in [9.17, 15) is 15.0 Å². The van der Waals surface area contributed by atoms with Crippen molar-refractivity contribution in [3.8, 4) is 0 Å². The van der Waals surface area contributed by atoms with Crippen LogP contribution < -0.4 is 0 Å². The molecule has 2 aliphatic rings. The Kier molecular flexibility index (Phi) is 2.49. The first-order valence-electron chi connectivity index (χ1n) is 5.14. The van der Waals surface area contributed by atoms with Crippen LogP contribution in [0.3, 0.4) is 0 Å². The van der Waals surface area contributed by atoms with Gasteiger partial charge in [-0.25, -0.2) is 0 Å². The summed E-state index contributed by atoms with van der Waals surface area (Å²) in [5.74, 6) is -0.549. The Morgan fingerprint density at radius 1 is 1.29 bits per heavy atom. The minimum Gasteiger partial charge on any atom is -0.481 e. The number of carboxylic acids is 1. The van der Waals surface area contributed by atoms with E-state index in [1.807, 2.05) is 0 Å². The first-order valence-corrected chi connectivity index (χ1v) is 5.14. The topological polar surface area (TPSA) is 66.8 Å². The van der Waals surface area contributed by atoms with Gasteiger partial charge in [-0.15, -0.1) is 0 Å². The van der Waals surface area contributed by atoms with E-state index in [1.165, 1.54) is 0 Å². The lowest BCUT2D eigenvalue weighted by molar-refractivity contribution is -0.175. The van der Waals surface area contributed by atoms with Crippen molar-refractivity contribution >= 4 is 5.97 Å². The summed E-state index contributed by atoms with van der Waals surface area (Å²) in [5, 5.41) is 18.5. The average molecular weight is 200 g/mol. The van der Waals surface area contributed by atoms with Gasteiger partial charge in [-0.1, -0.05) is 0 Å². The van der Waals surface area contributed by atoms with E-state index >= 15 is 0 Å². The van der Waals surface area contributed by atoms with Gasteiger partial charge in [0.15, 0.2) is 0 Å². The van der Waals surface area contributed by atoms with Gasteiger partial charge in [0.1, 0.15) is 0 Å². The number of aliphatic hydroxyl groups excluding tert-OH is 1. The quantitative estimate of drug-likeness (QED) is 0.686. The van der Waals surface area contributed by atoms with Gasteiger partial charge in [0.25, 0.3) is 0 Å². The lowest BCUT2D eigenvalue weighted by Gasteiger charge is -2.48. The van der Waals surface area contributed by atoms with Gasteiger partial charge < -0.3 is 14.9 Å². The van der Waals surface area contributed by atoms with Crippen LogP contribution in [0.2, 0.25) is 0 Å². The highest BCUT2D eigenvalue weighted by molar-refractivity contribution is 5.76. The third-order valence-electron chi connectivity index (χ3n) is 3.63. The molecule has 0 aromatic heterocycles. The predicted octanol–water partition coefficient (Wildman–Crippen LogP) is 0.639. The van der Waals surface area contributed by atoms with Crippen LogP contribution in [0.5, 0.6) is 0 Å². The molecular weight excluding hydrogens is 184 g/mol. The molecule has 1 aliphatic carbocycles. The molecule has 0 amide bonds. The van der Waals surface area contributed by atoms with Gasteiger partial charge in [-0.3, -0.25) is 4.79 Å². The first kappa shape index (κ1) is 9.93. The lowest BCUT2D eigenvalue weighted by Crippen LogP contribution is -2.53. The summed E-state index contributed by atoms with van der Waals surface area (Å²) in [7, 11) is 0. The third kappa shape index (κ3) is 1.42. The van der Waals surface area contributed by atoms with E-state index in [-0.39, 0.29) is 5.92 Å². The molecule has 0 atom stereocenters. The Bertz CT molecular complexity index is 226. The second-order valence-corrected chi connectivity index (χ2v) is 4.41. The molecule has 2 N–H and O–H groups in total. The maximum atomic E-state index is 11.2. The van der Waals surface area contributed by atoms with Crippen LogP contribution in [0.15, 0.2) is 0 Å². The summed E-state index contributed by atoms with van der Waals surface area (Å²) in [6, 6.07) is 0. The van der Waals surface area contributed by atoms with Crippen LogP contribution in [0.1, 0.15) is 25.7 Å². The predicted molar refractivity (Wildman–Crippen MR) is 48.9 cm³/mol. The number of carboxylic acid groups (broad SMARTS) is 1. The molecule has 1 saturated heterocycles. The van der Waals surface area contributed by atoms with E-state index in [2.05, 4.69) is 0 Å². The fourth-order valence-corrected chi connectivity index (χ4v) is 2.71. The Labute approximate surface area is 82.9 Å². The Morgan fingerprint density at radius 2 is 1.86 bits per heavy atom. The van der Waals surface area contributed by atoms with E-state index in [1.54, 1.807) is 0 Å². The Hall–Kier alpha value is -0.610. The molecule has 4 heteroatoms. The summed E-state index contributed by atoms with van der Waals surface area (Å²) >= 11 is 0. The molecule has 14 heavy (non-hydrogen) atoms. The van der Waals surface area contributed by atoms with Crippen molar-refractivity contribution in [2.75, 3.05) is 13.2 Å². The molecule has 0 unspecified atom stereocenters. The van der Waals surface area contributed by atoms with Crippen LogP contribution in [0.4, 0.5) is 0 Å². The standard InChI is InChI=1S/C10H16O4/c11-8-5-10(6-8,9(12)13)7-1-3-14-4-2-7/h7-8,11H,1-6H2,(H,12,13). The molecule has 0 aromatic rings. The van der Waals surface area contributed by atoms with E-state index < -0.39 is 17.5 Å². The Balaban J connectivity index is 2.07. The van der Waals surface area contributed by atoms with Crippen molar-refractivity contribution in [1.82, 2.24) is 0 Å². The monoisotopic (exact) mass is 200 g/mol. The number of rotatable bonds is 2. The second kappa shape index (κ2) is 3.51. The zero-order valence-corrected chi connectivity index (χ0v) is 8.11. The molecule has 0 bridgehead atoms. The fourth-order valence-electron chi connectivity index (χ4n) is 2.71. The van der Waals surface area contributed by atoms with E-state index in [4.69, 9.17) is 4.74 Å². The number of aliphatic hydroxyl groups is 1. The minimum atomic E-state index is -0.741. The lowest BCUT2D eigenvalue weighted by atomic mass is 9.57. The van der Waals surface area contributed by atoms with Crippen molar-refractivity contribution < 1.29 is 19.7 Å². The highest BCUT2D eigenvalue weighted by Crippen LogP contribution is 2.50. The molecule has 0 aromatic carbocycles. The average Bonchev–Trinajstić information content (AvgIpc) is 2.13. The molecule has 80 valence electrons. The van der Waals surface area contributed by atoms with Crippen LogP contribution >= 0.6 is 0 Å². The van der Waals surface area contributed by atoms with Crippen molar-refractivity contribution in [1.29, 1.82) is 0 Å². The van der Waals surface area contributed by atoms with Crippen LogP contribution in [-0.4, -0.2) is 35.5 Å². The zero-order valence-electron chi connectivity index (χ0n) is 8.11. The molecule has 2 fully saturated rings. The first-order chi connectivity index (χ1) is 6.65. The number of hydrogen-bond acceptors (Lipinski definition) is 3. The fraction of sp³-hybridized carbons (Fsp3) is 0.900. The number of carbonyl (C=O) groups is 1. The van der Waals surface area contributed by atoms with Gasteiger partial charge in [0, 0.05) is 13.2 Å². The minimum absolute atomic E-state index is 0.192. The molecule has 1 heterocycles. The van der Waals surface area contributed by atoms with Gasteiger partial charge >= 0.3 is 5.97 Å². The molecule has 2 rings (SSSR count). The number of ether oxygens (including phenoxy) is 1. The highest BCUT2D eigenvalue weighted by Gasteiger charge is 2.54. The number of aliphatic carboxylic acids is 1. The molecule has 0 spiro atoms. The summed E-state index contributed by atoms with van der Waals surface area (Å²) in [6.07, 6.45) is 2.08. The zero-order chi connectivity index (χ0) is 10.2. The van der Waals surface area contributed by atoms with Gasteiger partial charge in [-0.2, -0.15) is 0 Å². The molecule has 4 nitrogen and oxygen atoms in total. The maximum absolute atomic E-state index is 11.2. The van der Waals surface area contributed by atoms with E-state index in [0.717, 1.165) is 12.8 Å². The van der Waals surface area contributed by atoms with Gasteiger partial charge in [0.05, 0.1) is 11.5 Å².